The number of para-hydroxylation sites is 1. The molecule has 0 aliphatic carbocycles. The van der Waals surface area contributed by atoms with E-state index in [0.717, 1.165) is 36.3 Å². The van der Waals surface area contributed by atoms with Crippen LogP contribution in [0.5, 0.6) is 5.75 Å². The third kappa shape index (κ3) is 4.70. The summed E-state index contributed by atoms with van der Waals surface area (Å²) in [5.41, 5.74) is 1.76. The molecule has 1 aromatic carbocycles. The molecule has 0 amide bonds. The van der Waals surface area contributed by atoms with Gasteiger partial charge in [0.05, 0.1) is 12.6 Å². The molecule has 0 fully saturated rings. The monoisotopic (exact) mass is 400 g/mol. The normalized spacial score (nSPS) is 12.5. The maximum atomic E-state index is 12.3. The van der Waals surface area contributed by atoms with Crippen LogP contribution in [0.1, 0.15) is 57.8 Å². The third-order valence-corrected chi connectivity index (χ3v) is 5.26. The lowest BCUT2D eigenvalue weighted by Gasteiger charge is -2.23. The second-order valence-corrected chi connectivity index (χ2v) is 8.21. The Balaban J connectivity index is 1.95. The highest BCUT2D eigenvalue weighted by molar-refractivity contribution is 7.20. The van der Waals surface area contributed by atoms with Gasteiger partial charge in [0.15, 0.2) is 0 Å². The highest BCUT2D eigenvalue weighted by Crippen LogP contribution is 2.33. The van der Waals surface area contributed by atoms with Gasteiger partial charge in [-0.05, 0) is 31.2 Å². The number of hydrogen-bond donors (Lipinski definition) is 1. The molecule has 7 heteroatoms. The second kappa shape index (κ2) is 9.19. The summed E-state index contributed by atoms with van der Waals surface area (Å²) in [6.45, 7) is 9.17. The highest BCUT2D eigenvalue weighted by atomic mass is 32.1. The number of anilines is 1. The van der Waals surface area contributed by atoms with E-state index in [4.69, 9.17) is 4.74 Å². The van der Waals surface area contributed by atoms with Crippen molar-refractivity contribution in [2.75, 3.05) is 11.9 Å². The van der Waals surface area contributed by atoms with Crippen molar-refractivity contribution >= 4 is 21.4 Å². The molecule has 0 spiro atoms. The predicted octanol–water partition coefficient (Wildman–Crippen LogP) is 4.70. The number of aromatic nitrogens is 3. The summed E-state index contributed by atoms with van der Waals surface area (Å²) in [6.07, 6.45) is 2.61. The van der Waals surface area contributed by atoms with E-state index in [-0.39, 0.29) is 11.6 Å². The Labute approximate surface area is 169 Å². The average molecular weight is 401 g/mol. The van der Waals surface area contributed by atoms with Crippen LogP contribution in [-0.4, -0.2) is 21.2 Å². The van der Waals surface area contributed by atoms with E-state index in [1.807, 2.05) is 25.1 Å². The van der Waals surface area contributed by atoms with E-state index in [2.05, 4.69) is 42.2 Å². The highest BCUT2D eigenvalue weighted by Gasteiger charge is 2.20. The van der Waals surface area contributed by atoms with Gasteiger partial charge in [-0.25, -0.2) is 4.98 Å². The van der Waals surface area contributed by atoms with Gasteiger partial charge in [0, 0.05) is 17.3 Å². The zero-order chi connectivity index (χ0) is 20.1. The van der Waals surface area contributed by atoms with Crippen molar-refractivity contribution < 1.29 is 4.74 Å². The average Bonchev–Trinajstić information content (AvgIpc) is 3.08. The van der Waals surface area contributed by atoms with Gasteiger partial charge in [-0.15, -0.1) is 5.10 Å². The predicted molar refractivity (Wildman–Crippen MR) is 115 cm³/mol. The number of rotatable bonds is 9. The van der Waals surface area contributed by atoms with E-state index in [0.29, 0.717) is 22.6 Å². The third-order valence-electron chi connectivity index (χ3n) is 4.42. The first kappa shape index (κ1) is 20.3. The molecule has 0 saturated heterocycles. The standard InChI is InChI=1S/C21H28N4O2S/c1-5-11-27-18-10-8-7-9-16(18)17(12-14(3)4)23-20-24-25-19(26)13-15(6-2)22-21(25)28-20/h7-10,13-14,17H,5-6,11-12H2,1-4H3,(H,23,24)/t17-/m1/s1. The summed E-state index contributed by atoms with van der Waals surface area (Å²) >= 11 is 1.40. The molecule has 1 N–H and O–H groups in total. The van der Waals surface area contributed by atoms with Crippen molar-refractivity contribution in [1.82, 2.24) is 14.6 Å². The number of nitrogens with one attached hydrogen (secondary N) is 1. The van der Waals surface area contributed by atoms with Crippen LogP contribution in [0.3, 0.4) is 0 Å². The molecule has 1 atom stereocenters. The molecular formula is C21H28N4O2S. The lowest BCUT2D eigenvalue weighted by Crippen LogP contribution is -2.17. The van der Waals surface area contributed by atoms with Gasteiger partial charge in [-0.1, -0.05) is 57.2 Å². The van der Waals surface area contributed by atoms with Crippen molar-refractivity contribution in [3.05, 3.63) is 51.9 Å². The first-order valence-corrected chi connectivity index (χ1v) is 10.7. The second-order valence-electron chi connectivity index (χ2n) is 7.25. The molecule has 3 aromatic rings. The molecule has 6 nitrogen and oxygen atoms in total. The SMILES string of the molecule is CCCOc1ccccc1[C@@H](CC(C)C)Nc1nn2c(=O)cc(CC)nc2s1. The summed E-state index contributed by atoms with van der Waals surface area (Å²) in [5, 5.41) is 8.67. The maximum absolute atomic E-state index is 12.3. The zero-order valence-electron chi connectivity index (χ0n) is 16.9. The van der Waals surface area contributed by atoms with Crippen LogP contribution < -0.4 is 15.6 Å². The molecule has 0 saturated carbocycles. The van der Waals surface area contributed by atoms with Gasteiger partial charge in [-0.3, -0.25) is 4.79 Å². The Bertz CT molecular complexity index is 980. The van der Waals surface area contributed by atoms with Gasteiger partial charge in [-0.2, -0.15) is 4.52 Å². The van der Waals surface area contributed by atoms with Crippen molar-refractivity contribution in [3.8, 4) is 5.75 Å². The molecule has 0 radical (unpaired) electrons. The number of benzene rings is 1. The molecule has 28 heavy (non-hydrogen) atoms. The zero-order valence-corrected chi connectivity index (χ0v) is 17.8. The Hall–Kier alpha value is -2.41. The summed E-state index contributed by atoms with van der Waals surface area (Å²) in [4.78, 5) is 17.4. The topological polar surface area (TPSA) is 68.5 Å². The molecule has 0 unspecified atom stereocenters. The van der Waals surface area contributed by atoms with Crippen LogP contribution in [0.2, 0.25) is 0 Å². The fraction of sp³-hybridized carbons (Fsp3) is 0.476. The van der Waals surface area contributed by atoms with Crippen LogP contribution in [-0.2, 0) is 6.42 Å². The maximum Gasteiger partial charge on any atom is 0.275 e. The molecule has 0 aliphatic rings. The Morgan fingerprint density at radius 2 is 2.04 bits per heavy atom. The van der Waals surface area contributed by atoms with Crippen molar-refractivity contribution in [3.63, 3.8) is 0 Å². The summed E-state index contributed by atoms with van der Waals surface area (Å²) in [6, 6.07) is 9.72. The van der Waals surface area contributed by atoms with Gasteiger partial charge in [0.25, 0.3) is 5.56 Å². The number of aryl methyl sites for hydroxylation is 1. The van der Waals surface area contributed by atoms with E-state index in [1.54, 1.807) is 6.07 Å². The summed E-state index contributed by atoms with van der Waals surface area (Å²) in [7, 11) is 0. The van der Waals surface area contributed by atoms with E-state index in [9.17, 15) is 4.79 Å². The first-order chi connectivity index (χ1) is 13.5. The van der Waals surface area contributed by atoms with Crippen LogP contribution in [0.25, 0.3) is 4.96 Å². The van der Waals surface area contributed by atoms with Crippen molar-refractivity contribution in [2.45, 2.75) is 53.0 Å². The minimum atomic E-state index is -0.141. The number of nitrogens with zero attached hydrogens (tertiary/aromatic N) is 3. The summed E-state index contributed by atoms with van der Waals surface area (Å²) in [5.74, 6) is 1.38. The van der Waals surface area contributed by atoms with Gasteiger partial charge in [0.1, 0.15) is 5.75 Å². The van der Waals surface area contributed by atoms with Gasteiger partial charge < -0.3 is 10.1 Å². The van der Waals surface area contributed by atoms with Crippen LogP contribution in [0.4, 0.5) is 5.13 Å². The van der Waals surface area contributed by atoms with Crippen LogP contribution >= 0.6 is 11.3 Å². The molecule has 2 aromatic heterocycles. The fourth-order valence-corrected chi connectivity index (χ4v) is 3.97. The Morgan fingerprint density at radius 3 is 2.75 bits per heavy atom. The van der Waals surface area contributed by atoms with E-state index in [1.165, 1.54) is 15.9 Å². The van der Waals surface area contributed by atoms with Crippen LogP contribution in [0.15, 0.2) is 35.1 Å². The fourth-order valence-electron chi connectivity index (χ4n) is 3.09. The number of hydrogen-bond acceptors (Lipinski definition) is 6. The first-order valence-electron chi connectivity index (χ1n) is 9.89. The molecule has 0 aliphatic heterocycles. The van der Waals surface area contributed by atoms with Crippen molar-refractivity contribution in [2.24, 2.45) is 5.92 Å². The van der Waals surface area contributed by atoms with Gasteiger partial charge >= 0.3 is 0 Å². The largest absolute Gasteiger partial charge is 0.493 e. The lowest BCUT2D eigenvalue weighted by atomic mass is 9.96. The van der Waals surface area contributed by atoms with E-state index >= 15 is 0 Å². The smallest absolute Gasteiger partial charge is 0.275 e. The molecule has 150 valence electrons. The molecular weight excluding hydrogens is 372 g/mol. The van der Waals surface area contributed by atoms with Crippen LogP contribution in [0, 0.1) is 5.92 Å². The molecule has 3 rings (SSSR count). The minimum Gasteiger partial charge on any atom is -0.493 e. The van der Waals surface area contributed by atoms with Crippen molar-refractivity contribution in [1.29, 1.82) is 0 Å². The molecule has 0 bridgehead atoms. The quantitative estimate of drug-likeness (QED) is 0.564. The Morgan fingerprint density at radius 1 is 1.25 bits per heavy atom. The summed E-state index contributed by atoms with van der Waals surface area (Å²) < 4.78 is 7.34. The Kier molecular flexibility index (Phi) is 6.67. The molecule has 2 heterocycles. The van der Waals surface area contributed by atoms with E-state index < -0.39 is 0 Å². The number of fused-ring (bicyclic) bond motifs is 1. The number of ether oxygens (including phenoxy) is 1. The lowest BCUT2D eigenvalue weighted by molar-refractivity contribution is 0.311. The minimum absolute atomic E-state index is 0.0370. The van der Waals surface area contributed by atoms with Gasteiger partial charge in [0.2, 0.25) is 10.1 Å².